The van der Waals surface area contributed by atoms with Gasteiger partial charge in [0.1, 0.15) is 11.9 Å². The van der Waals surface area contributed by atoms with Gasteiger partial charge in [-0.3, -0.25) is 0 Å². The summed E-state index contributed by atoms with van der Waals surface area (Å²) in [5.74, 6) is 1.21. The molecule has 0 aliphatic heterocycles. The summed E-state index contributed by atoms with van der Waals surface area (Å²) in [6, 6.07) is 6.71. The summed E-state index contributed by atoms with van der Waals surface area (Å²) in [5.41, 5.74) is 0. The summed E-state index contributed by atoms with van der Waals surface area (Å²) in [7, 11) is -3.20. The quantitative estimate of drug-likeness (QED) is 0.761. The predicted molar refractivity (Wildman–Crippen MR) is 86.6 cm³/mol. The van der Waals surface area contributed by atoms with Gasteiger partial charge in [-0.25, -0.2) is 8.42 Å². The third-order valence-corrected chi connectivity index (χ3v) is 4.18. The van der Waals surface area contributed by atoms with Crippen molar-refractivity contribution in [3.63, 3.8) is 0 Å². The van der Waals surface area contributed by atoms with Crippen LogP contribution in [0.15, 0.2) is 29.2 Å². The molecule has 0 heterocycles. The van der Waals surface area contributed by atoms with Crippen LogP contribution in [0.5, 0.6) is 5.75 Å². The SMILES string of the molecule is CCCC(CNCC(C)C)Oc1cccc(S(C)(=O)=O)c1. The first-order valence-electron chi connectivity index (χ1n) is 7.50. The molecule has 0 radical (unpaired) electrons. The Bertz CT molecular complexity index is 526. The van der Waals surface area contributed by atoms with Crippen LogP contribution in [0.2, 0.25) is 0 Å². The zero-order valence-corrected chi connectivity index (χ0v) is 14.2. The van der Waals surface area contributed by atoms with Gasteiger partial charge in [-0.2, -0.15) is 0 Å². The third kappa shape index (κ3) is 6.96. The Morgan fingerprint density at radius 1 is 1.24 bits per heavy atom. The second-order valence-electron chi connectivity index (χ2n) is 5.83. The second-order valence-corrected chi connectivity index (χ2v) is 7.84. The summed E-state index contributed by atoms with van der Waals surface area (Å²) in [4.78, 5) is 0.297. The number of ether oxygens (including phenoxy) is 1. The Morgan fingerprint density at radius 2 is 1.95 bits per heavy atom. The van der Waals surface area contributed by atoms with Crippen LogP contribution in [0, 0.1) is 5.92 Å². The van der Waals surface area contributed by atoms with Gasteiger partial charge in [-0.05, 0) is 37.1 Å². The highest BCUT2D eigenvalue weighted by atomic mass is 32.2. The van der Waals surface area contributed by atoms with Crippen molar-refractivity contribution in [1.29, 1.82) is 0 Å². The maximum absolute atomic E-state index is 11.6. The Hall–Kier alpha value is -1.07. The minimum atomic E-state index is -3.20. The first-order chi connectivity index (χ1) is 9.82. The van der Waals surface area contributed by atoms with Crippen molar-refractivity contribution < 1.29 is 13.2 Å². The second kappa shape index (κ2) is 8.39. The average molecular weight is 313 g/mol. The van der Waals surface area contributed by atoms with E-state index in [1.54, 1.807) is 24.3 Å². The van der Waals surface area contributed by atoms with Gasteiger partial charge in [-0.15, -0.1) is 0 Å². The molecular weight excluding hydrogens is 286 g/mol. The largest absolute Gasteiger partial charge is 0.489 e. The van der Waals surface area contributed by atoms with Gasteiger partial charge >= 0.3 is 0 Å². The van der Waals surface area contributed by atoms with Gasteiger partial charge in [0.25, 0.3) is 0 Å². The van der Waals surface area contributed by atoms with Crippen molar-refractivity contribution in [2.75, 3.05) is 19.3 Å². The lowest BCUT2D eigenvalue weighted by Crippen LogP contribution is -2.33. The summed E-state index contributed by atoms with van der Waals surface area (Å²) in [6.07, 6.45) is 3.23. The summed E-state index contributed by atoms with van der Waals surface area (Å²) >= 11 is 0. The molecule has 120 valence electrons. The van der Waals surface area contributed by atoms with Crippen molar-refractivity contribution in [2.45, 2.75) is 44.6 Å². The molecule has 0 aliphatic carbocycles. The molecule has 0 amide bonds. The highest BCUT2D eigenvalue weighted by molar-refractivity contribution is 7.90. The summed E-state index contributed by atoms with van der Waals surface area (Å²) in [6.45, 7) is 8.17. The van der Waals surface area contributed by atoms with Crippen molar-refractivity contribution >= 4 is 9.84 Å². The Morgan fingerprint density at radius 3 is 2.52 bits per heavy atom. The minimum absolute atomic E-state index is 0.0589. The number of rotatable bonds is 9. The first kappa shape index (κ1) is 18.0. The van der Waals surface area contributed by atoms with Crippen LogP contribution >= 0.6 is 0 Å². The van der Waals surface area contributed by atoms with E-state index in [4.69, 9.17) is 4.74 Å². The summed E-state index contributed by atoms with van der Waals surface area (Å²) < 4.78 is 29.1. The fourth-order valence-corrected chi connectivity index (χ4v) is 2.68. The lowest BCUT2D eigenvalue weighted by atomic mass is 10.2. The molecule has 1 N–H and O–H groups in total. The molecule has 0 saturated heterocycles. The molecule has 1 rings (SSSR count). The van der Waals surface area contributed by atoms with Crippen molar-refractivity contribution in [3.05, 3.63) is 24.3 Å². The molecule has 1 aromatic carbocycles. The van der Waals surface area contributed by atoms with Gasteiger partial charge < -0.3 is 10.1 Å². The first-order valence-corrected chi connectivity index (χ1v) is 9.39. The Kier molecular flexibility index (Phi) is 7.18. The zero-order valence-electron chi connectivity index (χ0n) is 13.4. The van der Waals surface area contributed by atoms with E-state index in [2.05, 4.69) is 26.1 Å². The summed E-state index contributed by atoms with van der Waals surface area (Å²) in [5, 5.41) is 3.39. The lowest BCUT2D eigenvalue weighted by Gasteiger charge is -2.20. The fraction of sp³-hybridized carbons (Fsp3) is 0.625. The third-order valence-electron chi connectivity index (χ3n) is 3.07. The van der Waals surface area contributed by atoms with Crippen LogP contribution in [0.4, 0.5) is 0 Å². The highest BCUT2D eigenvalue weighted by Gasteiger charge is 2.12. The van der Waals surface area contributed by atoms with E-state index in [9.17, 15) is 8.42 Å². The predicted octanol–water partition coefficient (Wildman–Crippen LogP) is 2.88. The van der Waals surface area contributed by atoms with Crippen LogP contribution in [0.1, 0.15) is 33.6 Å². The monoisotopic (exact) mass is 313 g/mol. The molecule has 1 aromatic rings. The topological polar surface area (TPSA) is 55.4 Å². The minimum Gasteiger partial charge on any atom is -0.489 e. The highest BCUT2D eigenvalue weighted by Crippen LogP contribution is 2.19. The van der Waals surface area contributed by atoms with Crippen LogP contribution < -0.4 is 10.1 Å². The van der Waals surface area contributed by atoms with Gasteiger partial charge in [0.2, 0.25) is 0 Å². The molecule has 0 bridgehead atoms. The molecule has 0 fully saturated rings. The lowest BCUT2D eigenvalue weighted by molar-refractivity contribution is 0.184. The average Bonchev–Trinajstić information content (AvgIpc) is 2.38. The maximum Gasteiger partial charge on any atom is 0.175 e. The smallest absolute Gasteiger partial charge is 0.175 e. The molecular formula is C16H27NO3S. The van der Waals surface area contributed by atoms with Crippen molar-refractivity contribution in [3.8, 4) is 5.75 Å². The van der Waals surface area contributed by atoms with Gasteiger partial charge in [0.15, 0.2) is 9.84 Å². The molecule has 1 unspecified atom stereocenters. The molecule has 5 heteroatoms. The Balaban J connectivity index is 2.70. The van der Waals surface area contributed by atoms with Crippen molar-refractivity contribution in [2.24, 2.45) is 5.92 Å². The Labute approximate surface area is 128 Å². The normalized spacial score (nSPS) is 13.4. The van der Waals surface area contributed by atoms with Crippen LogP contribution in [-0.4, -0.2) is 33.9 Å². The molecule has 4 nitrogen and oxygen atoms in total. The number of hydrogen-bond acceptors (Lipinski definition) is 4. The molecule has 1 atom stereocenters. The fourth-order valence-electron chi connectivity index (χ4n) is 2.03. The molecule has 0 aliphatic rings. The standard InChI is InChI=1S/C16H27NO3S/c1-5-7-15(12-17-11-13(2)3)20-14-8-6-9-16(10-14)21(4,18)19/h6,8-10,13,15,17H,5,7,11-12H2,1-4H3. The van der Waals surface area contributed by atoms with E-state index in [1.165, 1.54) is 6.26 Å². The van der Waals surface area contributed by atoms with E-state index in [-0.39, 0.29) is 6.10 Å². The number of benzene rings is 1. The molecule has 0 aromatic heterocycles. The molecule has 0 spiro atoms. The van der Waals surface area contributed by atoms with Gasteiger partial charge in [0.05, 0.1) is 4.90 Å². The van der Waals surface area contributed by atoms with Crippen LogP contribution in [0.3, 0.4) is 0 Å². The van der Waals surface area contributed by atoms with Crippen LogP contribution in [0.25, 0.3) is 0 Å². The van der Waals surface area contributed by atoms with E-state index in [0.717, 1.165) is 25.9 Å². The number of sulfone groups is 1. The maximum atomic E-state index is 11.6. The molecule has 0 saturated carbocycles. The van der Waals surface area contributed by atoms with Crippen LogP contribution in [-0.2, 0) is 9.84 Å². The van der Waals surface area contributed by atoms with E-state index < -0.39 is 9.84 Å². The van der Waals surface area contributed by atoms with E-state index in [0.29, 0.717) is 16.6 Å². The van der Waals surface area contributed by atoms with Gasteiger partial charge in [-0.1, -0.05) is 33.3 Å². The molecule has 21 heavy (non-hydrogen) atoms. The van der Waals surface area contributed by atoms with Crippen molar-refractivity contribution in [1.82, 2.24) is 5.32 Å². The number of hydrogen-bond donors (Lipinski definition) is 1. The van der Waals surface area contributed by atoms with Gasteiger partial charge in [0, 0.05) is 12.8 Å². The zero-order chi connectivity index (χ0) is 15.9. The van der Waals surface area contributed by atoms with E-state index >= 15 is 0 Å². The van der Waals surface area contributed by atoms with E-state index in [1.807, 2.05) is 0 Å². The number of nitrogens with one attached hydrogen (secondary N) is 1.